The van der Waals surface area contributed by atoms with Crippen LogP contribution in [0.5, 0.6) is 11.5 Å². The molecule has 3 aromatic rings. The Hall–Kier alpha value is -3.52. The highest BCUT2D eigenvalue weighted by atomic mass is 32.2. The maximum Gasteiger partial charge on any atom is 0.264 e. The standard InChI is InChI=1S/C24H26N2O5S/c1-4-30-21-12-10-19(11-13-21)25-32(28,29)22-14-15-23(18(2)16-22)31-17-24(27)26(3)20-8-6-5-7-9-20/h5-16,25H,4,17H2,1-3H3. The van der Waals surface area contributed by atoms with E-state index in [0.29, 0.717) is 29.4 Å². The van der Waals surface area contributed by atoms with Crippen molar-refractivity contribution >= 4 is 27.3 Å². The van der Waals surface area contributed by atoms with Crippen LogP contribution in [0.2, 0.25) is 0 Å². The van der Waals surface area contributed by atoms with E-state index in [2.05, 4.69) is 4.72 Å². The second-order valence-electron chi connectivity index (χ2n) is 7.07. The van der Waals surface area contributed by atoms with Crippen LogP contribution >= 0.6 is 0 Å². The van der Waals surface area contributed by atoms with Gasteiger partial charge in [-0.15, -0.1) is 0 Å². The maximum absolute atomic E-state index is 12.7. The summed E-state index contributed by atoms with van der Waals surface area (Å²) in [6.45, 7) is 3.98. The van der Waals surface area contributed by atoms with E-state index in [9.17, 15) is 13.2 Å². The van der Waals surface area contributed by atoms with Gasteiger partial charge in [0.25, 0.3) is 15.9 Å². The Morgan fingerprint density at radius 2 is 1.66 bits per heavy atom. The van der Waals surface area contributed by atoms with Crippen molar-refractivity contribution in [3.05, 3.63) is 78.4 Å². The summed E-state index contributed by atoms with van der Waals surface area (Å²) in [5.74, 6) is 0.893. The minimum Gasteiger partial charge on any atom is -0.494 e. The number of benzene rings is 3. The molecule has 0 spiro atoms. The molecule has 0 aromatic heterocycles. The average Bonchev–Trinajstić information content (AvgIpc) is 2.79. The van der Waals surface area contributed by atoms with E-state index in [1.807, 2.05) is 37.3 Å². The smallest absolute Gasteiger partial charge is 0.264 e. The minimum absolute atomic E-state index is 0.101. The van der Waals surface area contributed by atoms with E-state index in [1.165, 1.54) is 17.0 Å². The van der Waals surface area contributed by atoms with Gasteiger partial charge in [-0.3, -0.25) is 9.52 Å². The number of carbonyl (C=O) groups excluding carboxylic acids is 1. The molecule has 0 aliphatic carbocycles. The highest BCUT2D eigenvalue weighted by Gasteiger charge is 2.17. The molecule has 0 aliphatic heterocycles. The molecule has 32 heavy (non-hydrogen) atoms. The number of sulfonamides is 1. The molecule has 1 N–H and O–H groups in total. The van der Waals surface area contributed by atoms with Gasteiger partial charge in [-0.05, 0) is 74.0 Å². The monoisotopic (exact) mass is 454 g/mol. The molecule has 3 aromatic carbocycles. The van der Waals surface area contributed by atoms with Crippen molar-refractivity contribution in [2.45, 2.75) is 18.7 Å². The molecule has 1 amide bonds. The van der Waals surface area contributed by atoms with Crippen molar-refractivity contribution in [3.8, 4) is 11.5 Å². The summed E-state index contributed by atoms with van der Waals surface area (Å²) >= 11 is 0. The van der Waals surface area contributed by atoms with Crippen molar-refractivity contribution in [2.75, 3.05) is 29.9 Å². The molecule has 7 nitrogen and oxygen atoms in total. The van der Waals surface area contributed by atoms with Gasteiger partial charge in [-0.25, -0.2) is 8.42 Å². The fraction of sp³-hybridized carbons (Fsp3) is 0.208. The number of amides is 1. The number of hydrogen-bond acceptors (Lipinski definition) is 5. The number of ether oxygens (including phenoxy) is 2. The zero-order chi connectivity index (χ0) is 23.1. The average molecular weight is 455 g/mol. The number of nitrogens with one attached hydrogen (secondary N) is 1. The fourth-order valence-electron chi connectivity index (χ4n) is 2.98. The summed E-state index contributed by atoms with van der Waals surface area (Å²) in [7, 11) is -2.10. The lowest BCUT2D eigenvalue weighted by atomic mass is 10.2. The Labute approximate surface area is 188 Å². The first-order valence-corrected chi connectivity index (χ1v) is 11.6. The molecule has 0 atom stereocenters. The molecule has 3 rings (SSSR count). The zero-order valence-electron chi connectivity index (χ0n) is 18.2. The predicted molar refractivity (Wildman–Crippen MR) is 125 cm³/mol. The molecular weight excluding hydrogens is 428 g/mol. The lowest BCUT2D eigenvalue weighted by Crippen LogP contribution is -2.31. The second kappa shape index (κ2) is 10.2. The van der Waals surface area contributed by atoms with E-state index in [-0.39, 0.29) is 17.4 Å². The number of likely N-dealkylation sites (N-methyl/N-ethyl adjacent to an activating group) is 1. The molecule has 0 heterocycles. The lowest BCUT2D eigenvalue weighted by Gasteiger charge is -2.18. The molecule has 168 valence electrons. The highest BCUT2D eigenvalue weighted by Crippen LogP contribution is 2.25. The zero-order valence-corrected chi connectivity index (χ0v) is 19.1. The normalized spacial score (nSPS) is 11.0. The van der Waals surface area contributed by atoms with Gasteiger partial charge in [0.2, 0.25) is 0 Å². The van der Waals surface area contributed by atoms with Crippen LogP contribution in [0.3, 0.4) is 0 Å². The third-order valence-electron chi connectivity index (χ3n) is 4.74. The fourth-order valence-corrected chi connectivity index (χ4v) is 4.13. The van der Waals surface area contributed by atoms with Crippen molar-refractivity contribution in [2.24, 2.45) is 0 Å². The van der Waals surface area contributed by atoms with Crippen molar-refractivity contribution in [1.82, 2.24) is 0 Å². The third kappa shape index (κ3) is 5.79. The minimum atomic E-state index is -3.78. The first-order valence-electron chi connectivity index (χ1n) is 10.1. The van der Waals surface area contributed by atoms with Crippen molar-refractivity contribution in [3.63, 3.8) is 0 Å². The molecule has 0 saturated heterocycles. The van der Waals surface area contributed by atoms with E-state index in [0.717, 1.165) is 5.69 Å². The van der Waals surface area contributed by atoms with Crippen LogP contribution in [-0.4, -0.2) is 34.6 Å². The van der Waals surface area contributed by atoms with Gasteiger partial charge in [-0.2, -0.15) is 0 Å². The van der Waals surface area contributed by atoms with Crippen LogP contribution in [0.1, 0.15) is 12.5 Å². The number of anilines is 2. The van der Waals surface area contributed by atoms with Crippen molar-refractivity contribution < 1.29 is 22.7 Å². The summed E-state index contributed by atoms with van der Waals surface area (Å²) in [5.41, 5.74) is 1.80. The Balaban J connectivity index is 1.65. The molecule has 0 unspecified atom stereocenters. The van der Waals surface area contributed by atoms with E-state index >= 15 is 0 Å². The van der Waals surface area contributed by atoms with Crippen LogP contribution in [0, 0.1) is 6.92 Å². The number of aryl methyl sites for hydroxylation is 1. The second-order valence-corrected chi connectivity index (χ2v) is 8.75. The van der Waals surface area contributed by atoms with Crippen LogP contribution in [-0.2, 0) is 14.8 Å². The van der Waals surface area contributed by atoms with Crippen LogP contribution in [0.25, 0.3) is 0 Å². The molecule has 0 radical (unpaired) electrons. The summed E-state index contributed by atoms with van der Waals surface area (Å²) in [5, 5.41) is 0. The Morgan fingerprint density at radius 1 is 0.969 bits per heavy atom. The Kier molecular flexibility index (Phi) is 7.37. The van der Waals surface area contributed by atoms with Gasteiger partial charge in [0, 0.05) is 18.4 Å². The topological polar surface area (TPSA) is 84.9 Å². The van der Waals surface area contributed by atoms with E-state index in [4.69, 9.17) is 9.47 Å². The molecular formula is C24H26N2O5S. The van der Waals surface area contributed by atoms with Crippen LogP contribution < -0.4 is 19.1 Å². The Bertz CT molecular complexity index is 1160. The number of carbonyl (C=O) groups is 1. The molecule has 0 fully saturated rings. The molecule has 8 heteroatoms. The summed E-state index contributed by atoms with van der Waals surface area (Å²) in [4.78, 5) is 14.0. The van der Waals surface area contributed by atoms with E-state index in [1.54, 1.807) is 44.3 Å². The quantitative estimate of drug-likeness (QED) is 0.523. The van der Waals surface area contributed by atoms with Crippen LogP contribution in [0.15, 0.2) is 77.7 Å². The largest absolute Gasteiger partial charge is 0.494 e. The number of para-hydroxylation sites is 1. The van der Waals surface area contributed by atoms with Gasteiger partial charge in [0.05, 0.1) is 11.5 Å². The Morgan fingerprint density at radius 3 is 2.28 bits per heavy atom. The van der Waals surface area contributed by atoms with Crippen LogP contribution in [0.4, 0.5) is 11.4 Å². The predicted octanol–water partition coefficient (Wildman–Crippen LogP) is 4.24. The van der Waals surface area contributed by atoms with Crippen molar-refractivity contribution in [1.29, 1.82) is 0 Å². The highest BCUT2D eigenvalue weighted by molar-refractivity contribution is 7.92. The van der Waals surface area contributed by atoms with Gasteiger partial charge in [0.1, 0.15) is 11.5 Å². The summed E-state index contributed by atoms with van der Waals surface area (Å²) in [6.07, 6.45) is 0. The number of rotatable bonds is 9. The first kappa shape index (κ1) is 23.1. The van der Waals surface area contributed by atoms with E-state index < -0.39 is 10.0 Å². The van der Waals surface area contributed by atoms with Gasteiger partial charge >= 0.3 is 0 Å². The maximum atomic E-state index is 12.7. The molecule has 0 bridgehead atoms. The summed E-state index contributed by atoms with van der Waals surface area (Å²) in [6, 6.07) is 20.4. The van der Waals surface area contributed by atoms with Gasteiger partial charge < -0.3 is 14.4 Å². The molecule has 0 saturated carbocycles. The third-order valence-corrected chi connectivity index (χ3v) is 6.12. The first-order chi connectivity index (χ1) is 15.3. The number of nitrogens with zero attached hydrogens (tertiary/aromatic N) is 1. The molecule has 0 aliphatic rings. The number of hydrogen-bond donors (Lipinski definition) is 1. The summed E-state index contributed by atoms with van der Waals surface area (Å²) < 4.78 is 39.0. The van der Waals surface area contributed by atoms with Gasteiger partial charge in [-0.1, -0.05) is 18.2 Å². The lowest BCUT2D eigenvalue weighted by molar-refractivity contribution is -0.120. The SMILES string of the molecule is CCOc1ccc(NS(=O)(=O)c2ccc(OCC(=O)N(C)c3ccccc3)c(C)c2)cc1. The van der Waals surface area contributed by atoms with Gasteiger partial charge in [0.15, 0.2) is 6.61 Å².